The highest BCUT2D eigenvalue weighted by Crippen LogP contribution is 2.23. The number of phenols is 1. The minimum Gasteiger partial charge on any atom is -0.508 e. The van der Waals surface area contributed by atoms with Crippen molar-refractivity contribution in [3.63, 3.8) is 0 Å². The van der Waals surface area contributed by atoms with Crippen LogP contribution in [0.2, 0.25) is 5.15 Å². The number of halogens is 2. The van der Waals surface area contributed by atoms with E-state index in [1.807, 2.05) is 0 Å². The predicted octanol–water partition coefficient (Wildman–Crippen LogP) is 3.27. The van der Waals surface area contributed by atoms with E-state index in [4.69, 9.17) is 16.7 Å². The second-order valence-electron chi connectivity index (χ2n) is 2.88. The van der Waals surface area contributed by atoms with Gasteiger partial charge >= 0.3 is 0 Å². The van der Waals surface area contributed by atoms with E-state index in [2.05, 4.69) is 25.9 Å². The number of hydrogen-bond donors (Lipinski definition) is 1. The SMILES string of the molecule is Oc1ccc(-c2ncc(Br)c(Cl)n2)cc1. The highest BCUT2D eigenvalue weighted by atomic mass is 79.9. The highest BCUT2D eigenvalue weighted by molar-refractivity contribution is 9.10. The van der Waals surface area contributed by atoms with Crippen molar-refractivity contribution in [3.8, 4) is 17.1 Å². The zero-order chi connectivity index (χ0) is 10.8. The molecule has 0 aliphatic rings. The zero-order valence-corrected chi connectivity index (χ0v) is 9.83. The fourth-order valence-electron chi connectivity index (χ4n) is 1.10. The van der Waals surface area contributed by atoms with Crippen molar-refractivity contribution in [1.82, 2.24) is 9.97 Å². The van der Waals surface area contributed by atoms with Gasteiger partial charge in [-0.15, -0.1) is 0 Å². The molecule has 1 heterocycles. The van der Waals surface area contributed by atoms with E-state index in [1.54, 1.807) is 30.5 Å². The molecule has 0 radical (unpaired) electrons. The lowest BCUT2D eigenvalue weighted by Gasteiger charge is -2.01. The molecule has 2 rings (SSSR count). The number of benzene rings is 1. The van der Waals surface area contributed by atoms with Crippen LogP contribution in [0.15, 0.2) is 34.9 Å². The smallest absolute Gasteiger partial charge is 0.160 e. The van der Waals surface area contributed by atoms with E-state index in [0.29, 0.717) is 15.5 Å². The molecule has 2 aromatic rings. The summed E-state index contributed by atoms with van der Waals surface area (Å²) < 4.78 is 0.659. The molecule has 0 unspecified atom stereocenters. The summed E-state index contributed by atoms with van der Waals surface area (Å²) in [5, 5.41) is 9.50. The molecule has 0 bridgehead atoms. The molecule has 0 saturated carbocycles. The van der Waals surface area contributed by atoms with Gasteiger partial charge in [-0.1, -0.05) is 11.6 Å². The van der Waals surface area contributed by atoms with Crippen LogP contribution in [0.25, 0.3) is 11.4 Å². The van der Waals surface area contributed by atoms with Gasteiger partial charge < -0.3 is 5.11 Å². The number of nitrogens with zero attached hydrogens (tertiary/aromatic N) is 2. The van der Waals surface area contributed by atoms with E-state index in [-0.39, 0.29) is 5.75 Å². The topological polar surface area (TPSA) is 46.0 Å². The third-order valence-electron chi connectivity index (χ3n) is 1.83. The van der Waals surface area contributed by atoms with Crippen molar-refractivity contribution in [2.24, 2.45) is 0 Å². The summed E-state index contributed by atoms with van der Waals surface area (Å²) in [6, 6.07) is 6.62. The van der Waals surface area contributed by atoms with Gasteiger partial charge in [-0.25, -0.2) is 9.97 Å². The van der Waals surface area contributed by atoms with Crippen LogP contribution in [-0.4, -0.2) is 15.1 Å². The molecular formula is C10H6BrClN2O. The molecule has 1 N–H and O–H groups in total. The maximum atomic E-state index is 9.13. The maximum Gasteiger partial charge on any atom is 0.160 e. The minimum atomic E-state index is 0.210. The second kappa shape index (κ2) is 4.16. The van der Waals surface area contributed by atoms with Crippen molar-refractivity contribution < 1.29 is 5.11 Å². The van der Waals surface area contributed by atoms with E-state index in [1.165, 1.54) is 0 Å². The molecule has 5 heteroatoms. The Kier molecular flexibility index (Phi) is 2.88. The van der Waals surface area contributed by atoms with Gasteiger partial charge in [0.05, 0.1) is 4.47 Å². The van der Waals surface area contributed by atoms with Gasteiger partial charge in [0.1, 0.15) is 10.9 Å². The summed E-state index contributed by atoms with van der Waals surface area (Å²) in [6.45, 7) is 0. The zero-order valence-electron chi connectivity index (χ0n) is 7.48. The summed E-state index contributed by atoms with van der Waals surface area (Å²) in [6.07, 6.45) is 1.59. The molecule has 0 aliphatic carbocycles. The highest BCUT2D eigenvalue weighted by Gasteiger charge is 2.04. The molecule has 1 aromatic carbocycles. The molecule has 76 valence electrons. The summed E-state index contributed by atoms with van der Waals surface area (Å²) in [5.41, 5.74) is 0.808. The third kappa shape index (κ3) is 2.27. The molecule has 0 saturated heterocycles. The Balaban J connectivity index is 2.45. The van der Waals surface area contributed by atoms with Crippen LogP contribution in [-0.2, 0) is 0 Å². The first-order valence-electron chi connectivity index (χ1n) is 4.14. The van der Waals surface area contributed by atoms with Crippen LogP contribution in [0.3, 0.4) is 0 Å². The summed E-state index contributed by atoms with van der Waals surface area (Å²) in [7, 11) is 0. The minimum absolute atomic E-state index is 0.210. The lowest BCUT2D eigenvalue weighted by molar-refractivity contribution is 0.475. The van der Waals surface area contributed by atoms with E-state index >= 15 is 0 Å². The molecule has 1 aromatic heterocycles. The Morgan fingerprint density at radius 1 is 1.20 bits per heavy atom. The molecule has 15 heavy (non-hydrogen) atoms. The molecule has 0 amide bonds. The van der Waals surface area contributed by atoms with Gasteiger partial charge in [-0.05, 0) is 40.2 Å². The van der Waals surface area contributed by atoms with Crippen molar-refractivity contribution in [2.75, 3.05) is 0 Å². The van der Waals surface area contributed by atoms with Crippen molar-refractivity contribution >= 4 is 27.5 Å². The first-order valence-corrected chi connectivity index (χ1v) is 5.31. The summed E-state index contributed by atoms with van der Waals surface area (Å²) in [4.78, 5) is 8.21. The Bertz CT molecular complexity index is 487. The van der Waals surface area contributed by atoms with Gasteiger partial charge in [0.25, 0.3) is 0 Å². The lowest BCUT2D eigenvalue weighted by atomic mass is 10.2. The quantitative estimate of drug-likeness (QED) is 0.818. The Labute approximate surface area is 99.9 Å². The average molecular weight is 286 g/mol. The first kappa shape index (κ1) is 10.4. The van der Waals surface area contributed by atoms with E-state index < -0.39 is 0 Å². The Morgan fingerprint density at radius 3 is 2.47 bits per heavy atom. The second-order valence-corrected chi connectivity index (χ2v) is 4.09. The van der Waals surface area contributed by atoms with Crippen LogP contribution in [0.5, 0.6) is 5.75 Å². The maximum absolute atomic E-state index is 9.13. The normalized spacial score (nSPS) is 10.3. The number of hydrogen-bond acceptors (Lipinski definition) is 3. The fourth-order valence-corrected chi connectivity index (χ4v) is 1.42. The number of phenolic OH excluding ortho intramolecular Hbond substituents is 1. The van der Waals surface area contributed by atoms with Crippen molar-refractivity contribution in [3.05, 3.63) is 40.1 Å². The summed E-state index contributed by atoms with van der Waals surface area (Å²) >= 11 is 9.06. The van der Waals surface area contributed by atoms with Crippen LogP contribution >= 0.6 is 27.5 Å². The first-order chi connectivity index (χ1) is 7.16. The molecule has 0 spiro atoms. The van der Waals surface area contributed by atoms with Crippen molar-refractivity contribution in [1.29, 1.82) is 0 Å². The van der Waals surface area contributed by atoms with Gasteiger partial charge in [0, 0.05) is 11.8 Å². The number of aromatic hydroxyl groups is 1. The molecule has 0 atom stereocenters. The molecule has 0 fully saturated rings. The van der Waals surface area contributed by atoms with Gasteiger partial charge in [-0.2, -0.15) is 0 Å². The van der Waals surface area contributed by atoms with Gasteiger partial charge in [0.15, 0.2) is 5.82 Å². The van der Waals surface area contributed by atoms with Crippen LogP contribution in [0.4, 0.5) is 0 Å². The van der Waals surface area contributed by atoms with Crippen LogP contribution in [0, 0.1) is 0 Å². The molecule has 0 aliphatic heterocycles. The monoisotopic (exact) mass is 284 g/mol. The van der Waals surface area contributed by atoms with Crippen LogP contribution in [0.1, 0.15) is 0 Å². The average Bonchev–Trinajstić information content (AvgIpc) is 2.23. The Hall–Kier alpha value is -1.13. The number of aromatic nitrogens is 2. The fraction of sp³-hybridized carbons (Fsp3) is 0. The largest absolute Gasteiger partial charge is 0.508 e. The van der Waals surface area contributed by atoms with Crippen LogP contribution < -0.4 is 0 Å². The van der Waals surface area contributed by atoms with E-state index in [9.17, 15) is 0 Å². The third-order valence-corrected chi connectivity index (χ3v) is 2.92. The predicted molar refractivity (Wildman–Crippen MR) is 61.8 cm³/mol. The van der Waals surface area contributed by atoms with Crippen molar-refractivity contribution in [2.45, 2.75) is 0 Å². The molecule has 3 nitrogen and oxygen atoms in total. The van der Waals surface area contributed by atoms with Gasteiger partial charge in [0.2, 0.25) is 0 Å². The van der Waals surface area contributed by atoms with E-state index in [0.717, 1.165) is 5.56 Å². The Morgan fingerprint density at radius 2 is 1.87 bits per heavy atom. The molecular weight excluding hydrogens is 279 g/mol. The lowest BCUT2D eigenvalue weighted by Crippen LogP contribution is -1.89. The number of rotatable bonds is 1. The summed E-state index contributed by atoms with van der Waals surface area (Å²) in [5.74, 6) is 0.741. The standard InChI is InChI=1S/C10H6BrClN2O/c11-8-5-13-10(14-9(8)12)6-1-3-7(15)4-2-6/h1-5,15H. The van der Waals surface area contributed by atoms with Gasteiger partial charge in [-0.3, -0.25) is 0 Å².